The lowest BCUT2D eigenvalue weighted by Crippen LogP contribution is -2.55. The minimum Gasteiger partial charge on any atom is -0.390 e. The highest BCUT2D eigenvalue weighted by Gasteiger charge is 2.40. The molecule has 0 radical (unpaired) electrons. The summed E-state index contributed by atoms with van der Waals surface area (Å²) in [5.41, 5.74) is 0. The summed E-state index contributed by atoms with van der Waals surface area (Å²) in [6.07, 6.45) is -6.64. The number of hydrogen-bond donors (Lipinski definition) is 5. The Hall–Kier alpha value is -0.200. The van der Waals surface area contributed by atoms with Gasteiger partial charge in [-0.25, -0.2) is 0 Å². The first-order valence-electron chi connectivity index (χ1n) is 3.44. The van der Waals surface area contributed by atoms with Gasteiger partial charge in [-0.2, -0.15) is 0 Å². The molecule has 0 bridgehead atoms. The summed E-state index contributed by atoms with van der Waals surface area (Å²) in [5.74, 6) is 0. The molecule has 5 N–H and O–H groups in total. The maximum absolute atomic E-state index is 8.97. The first kappa shape index (κ1) is 8.89. The smallest absolute Gasteiger partial charge is 0.111 e. The molecule has 5 atom stereocenters. The van der Waals surface area contributed by atoms with Gasteiger partial charge in [0.1, 0.15) is 18.3 Å². The van der Waals surface area contributed by atoms with E-state index in [1.54, 1.807) is 0 Å². The third kappa shape index (κ3) is 1.52. The van der Waals surface area contributed by atoms with Crippen LogP contribution < -0.4 is 0 Å². The molecule has 66 valence electrons. The van der Waals surface area contributed by atoms with Crippen LogP contribution in [0, 0.1) is 0 Å². The van der Waals surface area contributed by atoms with E-state index in [-0.39, 0.29) is 6.42 Å². The highest BCUT2D eigenvalue weighted by Crippen LogP contribution is 2.20. The van der Waals surface area contributed by atoms with Crippen molar-refractivity contribution in [1.29, 1.82) is 0 Å². The van der Waals surface area contributed by atoms with Gasteiger partial charge in [-0.15, -0.1) is 0 Å². The van der Waals surface area contributed by atoms with Crippen LogP contribution in [-0.4, -0.2) is 56.1 Å². The van der Waals surface area contributed by atoms with Gasteiger partial charge in [-0.3, -0.25) is 0 Å². The van der Waals surface area contributed by atoms with Crippen LogP contribution in [0.15, 0.2) is 0 Å². The van der Waals surface area contributed by atoms with Crippen molar-refractivity contribution in [2.45, 2.75) is 36.9 Å². The molecule has 1 aliphatic rings. The van der Waals surface area contributed by atoms with Gasteiger partial charge in [0, 0.05) is 6.42 Å². The van der Waals surface area contributed by atoms with E-state index in [0.717, 1.165) is 0 Å². The van der Waals surface area contributed by atoms with Crippen molar-refractivity contribution in [2.24, 2.45) is 0 Å². The second kappa shape index (κ2) is 3.04. The molecule has 1 fully saturated rings. The van der Waals surface area contributed by atoms with Crippen LogP contribution in [0.4, 0.5) is 0 Å². The van der Waals surface area contributed by atoms with Crippen molar-refractivity contribution < 1.29 is 25.5 Å². The van der Waals surface area contributed by atoms with Gasteiger partial charge in [0.05, 0.1) is 12.2 Å². The summed E-state index contributed by atoms with van der Waals surface area (Å²) >= 11 is 0. The molecular weight excluding hydrogens is 152 g/mol. The highest BCUT2D eigenvalue weighted by atomic mass is 16.4. The molecule has 0 saturated heterocycles. The van der Waals surface area contributed by atoms with E-state index in [1.165, 1.54) is 0 Å². The van der Waals surface area contributed by atoms with Gasteiger partial charge < -0.3 is 25.5 Å². The predicted octanol–water partition coefficient (Wildman–Crippen LogP) is -2.81. The lowest BCUT2D eigenvalue weighted by atomic mass is 9.87. The van der Waals surface area contributed by atoms with Crippen LogP contribution in [0.2, 0.25) is 0 Å². The minimum atomic E-state index is -1.46. The second-order valence-corrected chi connectivity index (χ2v) is 2.84. The first-order chi connectivity index (χ1) is 5.04. The Bertz CT molecular complexity index is 125. The molecule has 11 heavy (non-hydrogen) atoms. The van der Waals surface area contributed by atoms with Crippen molar-refractivity contribution in [3.8, 4) is 0 Å². The number of aliphatic hydroxyl groups excluding tert-OH is 5. The molecule has 0 aromatic heterocycles. The molecule has 0 aliphatic heterocycles. The Morgan fingerprint density at radius 1 is 0.636 bits per heavy atom. The summed E-state index contributed by atoms with van der Waals surface area (Å²) in [6, 6.07) is 0. The average Bonchev–Trinajstić information content (AvgIpc) is 1.97. The molecule has 0 aromatic carbocycles. The standard InChI is InChI=1S/C6H12O5/c7-2-1-3(8)5(10)6(11)4(2)9/h2-11H,1H2/t2-,3-,4-,5+,6+/m0/s1. The molecule has 0 unspecified atom stereocenters. The molecule has 0 heterocycles. The zero-order valence-electron chi connectivity index (χ0n) is 5.83. The number of rotatable bonds is 0. The van der Waals surface area contributed by atoms with Crippen LogP contribution >= 0.6 is 0 Å². The second-order valence-electron chi connectivity index (χ2n) is 2.84. The van der Waals surface area contributed by atoms with E-state index >= 15 is 0 Å². The molecule has 5 nitrogen and oxygen atoms in total. The van der Waals surface area contributed by atoms with Crippen LogP contribution in [0.5, 0.6) is 0 Å². The van der Waals surface area contributed by atoms with E-state index in [1.807, 2.05) is 0 Å². The Morgan fingerprint density at radius 3 is 1.36 bits per heavy atom. The normalized spacial score (nSPS) is 52.6. The molecule has 5 heteroatoms. The van der Waals surface area contributed by atoms with Gasteiger partial charge >= 0.3 is 0 Å². The summed E-state index contributed by atoms with van der Waals surface area (Å²) in [5, 5.41) is 44.8. The minimum absolute atomic E-state index is 0.112. The van der Waals surface area contributed by atoms with Crippen LogP contribution in [0.1, 0.15) is 6.42 Å². The van der Waals surface area contributed by atoms with Gasteiger partial charge in [-0.05, 0) is 0 Å². The largest absolute Gasteiger partial charge is 0.390 e. The fraction of sp³-hybridized carbons (Fsp3) is 1.00. The number of hydrogen-bond acceptors (Lipinski definition) is 5. The van der Waals surface area contributed by atoms with E-state index in [0.29, 0.717) is 0 Å². The fourth-order valence-electron chi connectivity index (χ4n) is 1.18. The SMILES string of the molecule is O[C@@H]1[C@@H](O)[C@@H](O)C[C@H](O)[C@H]1O. The summed E-state index contributed by atoms with van der Waals surface area (Å²) in [7, 11) is 0. The van der Waals surface area contributed by atoms with Crippen LogP contribution in [0.25, 0.3) is 0 Å². The van der Waals surface area contributed by atoms with Gasteiger partial charge in [0.2, 0.25) is 0 Å². The zero-order chi connectivity index (χ0) is 8.59. The Kier molecular flexibility index (Phi) is 2.46. The highest BCUT2D eigenvalue weighted by molar-refractivity contribution is 4.92. The van der Waals surface area contributed by atoms with E-state index in [9.17, 15) is 0 Å². The van der Waals surface area contributed by atoms with E-state index < -0.39 is 30.5 Å². The molecule has 1 aliphatic carbocycles. The predicted molar refractivity (Wildman–Crippen MR) is 34.7 cm³/mol. The summed E-state index contributed by atoms with van der Waals surface area (Å²) < 4.78 is 0. The molecule has 1 saturated carbocycles. The quantitative estimate of drug-likeness (QED) is 0.266. The van der Waals surface area contributed by atoms with Crippen molar-refractivity contribution in [1.82, 2.24) is 0 Å². The maximum Gasteiger partial charge on any atom is 0.111 e. The topological polar surface area (TPSA) is 101 Å². The van der Waals surface area contributed by atoms with E-state index in [2.05, 4.69) is 0 Å². The first-order valence-corrected chi connectivity index (χ1v) is 3.44. The van der Waals surface area contributed by atoms with Crippen LogP contribution in [-0.2, 0) is 0 Å². The van der Waals surface area contributed by atoms with Crippen molar-refractivity contribution in [2.75, 3.05) is 0 Å². The average molecular weight is 164 g/mol. The molecule has 0 spiro atoms. The third-order valence-electron chi connectivity index (χ3n) is 1.97. The van der Waals surface area contributed by atoms with Gasteiger partial charge in [-0.1, -0.05) is 0 Å². The number of aliphatic hydroxyl groups is 5. The van der Waals surface area contributed by atoms with Crippen molar-refractivity contribution >= 4 is 0 Å². The van der Waals surface area contributed by atoms with Gasteiger partial charge in [0.15, 0.2) is 0 Å². The Labute approximate surface area is 63.5 Å². The monoisotopic (exact) mass is 164 g/mol. The molecule has 1 rings (SSSR count). The van der Waals surface area contributed by atoms with Gasteiger partial charge in [0.25, 0.3) is 0 Å². The maximum atomic E-state index is 8.97. The molecular formula is C6H12O5. The van der Waals surface area contributed by atoms with Crippen molar-refractivity contribution in [3.63, 3.8) is 0 Å². The zero-order valence-corrected chi connectivity index (χ0v) is 5.83. The summed E-state index contributed by atoms with van der Waals surface area (Å²) in [6.45, 7) is 0. The van der Waals surface area contributed by atoms with Crippen LogP contribution in [0.3, 0.4) is 0 Å². The van der Waals surface area contributed by atoms with Crippen molar-refractivity contribution in [3.05, 3.63) is 0 Å². The summed E-state index contributed by atoms with van der Waals surface area (Å²) in [4.78, 5) is 0. The lowest BCUT2D eigenvalue weighted by Gasteiger charge is -2.35. The Morgan fingerprint density at radius 2 is 1.00 bits per heavy atom. The third-order valence-corrected chi connectivity index (χ3v) is 1.97. The molecule has 0 aromatic rings. The fourth-order valence-corrected chi connectivity index (χ4v) is 1.18. The van der Waals surface area contributed by atoms with E-state index in [4.69, 9.17) is 25.5 Å². The Balaban J connectivity index is 2.63. The lowest BCUT2D eigenvalue weighted by molar-refractivity contribution is -0.176. The molecule has 0 amide bonds.